The van der Waals surface area contributed by atoms with Crippen molar-refractivity contribution in [3.8, 4) is 11.4 Å². The Labute approximate surface area is 258 Å². The van der Waals surface area contributed by atoms with Gasteiger partial charge in [-0.05, 0) is 87.9 Å². The van der Waals surface area contributed by atoms with Crippen molar-refractivity contribution in [3.05, 3.63) is 40.4 Å². The predicted octanol–water partition coefficient (Wildman–Crippen LogP) is 3.87. The highest BCUT2D eigenvalue weighted by atomic mass is 32.1. The van der Waals surface area contributed by atoms with Crippen LogP contribution in [-0.2, 0) is 4.74 Å². The zero-order valence-electron chi connectivity index (χ0n) is 25.4. The first-order valence-electron chi connectivity index (χ1n) is 15.4. The number of ether oxygens (including phenoxy) is 1. The number of nitrogens with one attached hydrogen (secondary N) is 2. The molecule has 4 N–H and O–H groups in total. The average molecular weight is 606 g/mol. The maximum absolute atomic E-state index is 12.6. The van der Waals surface area contributed by atoms with E-state index in [0.717, 1.165) is 49.6 Å². The molecule has 0 spiro atoms. The zero-order chi connectivity index (χ0) is 29.9. The first-order chi connectivity index (χ1) is 20.8. The Kier molecular flexibility index (Phi) is 9.08. The van der Waals surface area contributed by atoms with Gasteiger partial charge in [-0.2, -0.15) is 4.37 Å². The highest BCUT2D eigenvalue weighted by molar-refractivity contribution is 7.05. The van der Waals surface area contributed by atoms with Gasteiger partial charge in [-0.15, -0.1) is 0 Å². The highest BCUT2D eigenvalue weighted by Gasteiger charge is 2.28. The van der Waals surface area contributed by atoms with E-state index in [-0.39, 0.29) is 11.7 Å². The molecule has 43 heavy (non-hydrogen) atoms. The second-order valence-corrected chi connectivity index (χ2v) is 13.0. The van der Waals surface area contributed by atoms with E-state index >= 15 is 0 Å². The summed E-state index contributed by atoms with van der Waals surface area (Å²) in [5, 5.41) is 6.90. The van der Waals surface area contributed by atoms with Crippen LogP contribution in [0, 0.1) is 13.8 Å². The lowest BCUT2D eigenvalue weighted by Gasteiger charge is -2.43. The summed E-state index contributed by atoms with van der Waals surface area (Å²) in [6, 6.07) is 9.14. The van der Waals surface area contributed by atoms with E-state index in [9.17, 15) is 4.79 Å². The van der Waals surface area contributed by atoms with E-state index in [4.69, 9.17) is 20.4 Å². The Hall–Kier alpha value is -3.32. The molecule has 6 rings (SSSR count). The van der Waals surface area contributed by atoms with Gasteiger partial charge in [-0.25, -0.2) is 9.97 Å². The molecule has 12 heteroatoms. The Balaban J connectivity index is 1.21. The molecule has 1 amide bonds. The van der Waals surface area contributed by atoms with Crippen LogP contribution in [0.3, 0.4) is 0 Å². The second-order valence-electron chi connectivity index (χ2n) is 12.0. The number of piperazine rings is 1. The number of aromatic nitrogens is 3. The molecule has 0 atom stereocenters. The number of hydrogen-bond acceptors (Lipinski definition) is 11. The quantitative estimate of drug-likeness (QED) is 0.349. The predicted molar refractivity (Wildman–Crippen MR) is 173 cm³/mol. The molecule has 3 saturated heterocycles. The van der Waals surface area contributed by atoms with Crippen molar-refractivity contribution < 1.29 is 9.53 Å². The summed E-state index contributed by atoms with van der Waals surface area (Å²) in [5.41, 5.74) is 10.4. The van der Waals surface area contributed by atoms with E-state index in [2.05, 4.69) is 55.8 Å². The first-order valence-corrected chi connectivity index (χ1v) is 16.2. The van der Waals surface area contributed by atoms with Crippen molar-refractivity contribution in [1.29, 1.82) is 0 Å². The first kappa shape index (κ1) is 29.7. The van der Waals surface area contributed by atoms with E-state index in [1.165, 1.54) is 48.7 Å². The highest BCUT2D eigenvalue weighted by Crippen LogP contribution is 2.33. The SMILES string of the molecule is Cc1cc(-c2nc(C(N)=O)c(Nc3ccc(N4CCC(N5CCN(C)CC5)CC4)c(C)c3)nc2NC2CCOCC2)ns1. The number of likely N-dealkylation sites (N-methyl/N-ethyl adjacent to an activating group) is 1. The maximum atomic E-state index is 12.6. The number of primary amides is 1. The number of carbonyl (C=O) groups excluding carboxylic acids is 1. The van der Waals surface area contributed by atoms with Crippen LogP contribution in [0.25, 0.3) is 11.4 Å². The molecule has 1 aromatic carbocycles. The van der Waals surface area contributed by atoms with Gasteiger partial charge in [0.1, 0.15) is 11.4 Å². The molecule has 0 saturated carbocycles. The zero-order valence-corrected chi connectivity index (χ0v) is 26.3. The smallest absolute Gasteiger partial charge is 0.271 e. The molecule has 3 fully saturated rings. The second kappa shape index (κ2) is 13.1. The minimum Gasteiger partial charge on any atom is -0.381 e. The molecular formula is C31H43N9O2S. The molecule has 2 aromatic heterocycles. The molecule has 3 aliphatic heterocycles. The number of rotatable bonds is 8. The van der Waals surface area contributed by atoms with Gasteiger partial charge in [-0.3, -0.25) is 9.69 Å². The lowest BCUT2D eigenvalue weighted by molar-refractivity contribution is 0.0904. The number of aryl methyl sites for hydroxylation is 2. The summed E-state index contributed by atoms with van der Waals surface area (Å²) < 4.78 is 10.1. The van der Waals surface area contributed by atoms with Crippen LogP contribution in [0.15, 0.2) is 24.3 Å². The van der Waals surface area contributed by atoms with Gasteiger partial charge in [0.15, 0.2) is 17.3 Å². The van der Waals surface area contributed by atoms with E-state index in [0.29, 0.717) is 42.3 Å². The summed E-state index contributed by atoms with van der Waals surface area (Å²) in [5.74, 6) is 0.275. The van der Waals surface area contributed by atoms with Crippen LogP contribution < -0.4 is 21.3 Å². The van der Waals surface area contributed by atoms with Gasteiger partial charge in [0.25, 0.3) is 5.91 Å². The fourth-order valence-corrected chi connectivity index (χ4v) is 6.92. The standard InChI is InChI=1S/C31H43N9O2S/c1-20-18-23(4-5-26(20)40-10-6-24(7-11-40)39-14-12-38(3)13-15-39)34-31-28(29(32)41)35-27(25-19-21(2)43-37-25)30(36-31)33-22-8-16-42-17-9-22/h4-5,18-19,22,24H,6-17H2,1-3H3,(H2,32,41)(H2,33,34,36). The van der Waals surface area contributed by atoms with Gasteiger partial charge in [0.2, 0.25) is 0 Å². The third-order valence-electron chi connectivity index (χ3n) is 8.88. The van der Waals surface area contributed by atoms with Gasteiger partial charge < -0.3 is 30.9 Å². The fourth-order valence-electron chi connectivity index (χ4n) is 6.37. The summed E-state index contributed by atoms with van der Waals surface area (Å²) >= 11 is 1.39. The Morgan fingerprint density at radius 1 is 0.977 bits per heavy atom. The monoisotopic (exact) mass is 605 g/mol. The number of anilines is 4. The summed E-state index contributed by atoms with van der Waals surface area (Å²) in [6.45, 7) is 12.3. The summed E-state index contributed by atoms with van der Waals surface area (Å²) in [4.78, 5) is 30.9. The minimum absolute atomic E-state index is 0.0888. The largest absolute Gasteiger partial charge is 0.381 e. The molecular weight excluding hydrogens is 562 g/mol. The number of piperidine rings is 1. The number of nitrogens with zero attached hydrogens (tertiary/aromatic N) is 6. The van der Waals surface area contributed by atoms with Crippen LogP contribution in [-0.4, -0.2) is 102 Å². The number of benzene rings is 1. The number of hydrogen-bond donors (Lipinski definition) is 3. The molecule has 5 heterocycles. The van der Waals surface area contributed by atoms with Crippen LogP contribution >= 0.6 is 11.5 Å². The van der Waals surface area contributed by atoms with Gasteiger partial charge in [0, 0.05) is 80.8 Å². The summed E-state index contributed by atoms with van der Waals surface area (Å²) in [6.07, 6.45) is 4.11. The lowest BCUT2D eigenvalue weighted by Crippen LogP contribution is -2.52. The van der Waals surface area contributed by atoms with Crippen molar-refractivity contribution in [2.75, 3.05) is 75.1 Å². The Morgan fingerprint density at radius 3 is 2.37 bits per heavy atom. The molecule has 0 unspecified atom stereocenters. The van der Waals surface area contributed by atoms with E-state index in [1.54, 1.807) is 0 Å². The van der Waals surface area contributed by atoms with Crippen molar-refractivity contribution >= 4 is 40.5 Å². The van der Waals surface area contributed by atoms with Crippen LogP contribution in [0.4, 0.5) is 23.0 Å². The normalized spacial score (nSPS) is 19.5. The van der Waals surface area contributed by atoms with Crippen LogP contribution in [0.5, 0.6) is 0 Å². The van der Waals surface area contributed by atoms with Crippen LogP contribution in [0.1, 0.15) is 46.6 Å². The lowest BCUT2D eigenvalue weighted by atomic mass is 10.0. The average Bonchev–Trinajstić information content (AvgIpc) is 3.44. The number of amides is 1. The summed E-state index contributed by atoms with van der Waals surface area (Å²) in [7, 11) is 2.21. The third-order valence-corrected chi connectivity index (χ3v) is 9.57. The topological polar surface area (TPSA) is 125 Å². The number of carbonyl (C=O) groups is 1. The molecule has 230 valence electrons. The maximum Gasteiger partial charge on any atom is 0.271 e. The van der Waals surface area contributed by atoms with Crippen molar-refractivity contribution in [2.24, 2.45) is 5.73 Å². The van der Waals surface area contributed by atoms with Gasteiger partial charge in [-0.1, -0.05) is 0 Å². The molecule has 11 nitrogen and oxygen atoms in total. The van der Waals surface area contributed by atoms with Gasteiger partial charge in [0.05, 0.1) is 0 Å². The fraction of sp³-hybridized carbons (Fsp3) is 0.548. The molecule has 3 aliphatic rings. The van der Waals surface area contributed by atoms with Crippen molar-refractivity contribution in [1.82, 2.24) is 24.1 Å². The van der Waals surface area contributed by atoms with Gasteiger partial charge >= 0.3 is 0 Å². The molecule has 0 radical (unpaired) electrons. The van der Waals surface area contributed by atoms with E-state index < -0.39 is 5.91 Å². The third kappa shape index (κ3) is 6.93. The Morgan fingerprint density at radius 2 is 1.72 bits per heavy atom. The van der Waals surface area contributed by atoms with Crippen LogP contribution in [0.2, 0.25) is 0 Å². The Bertz CT molecular complexity index is 1420. The van der Waals surface area contributed by atoms with Crippen molar-refractivity contribution in [3.63, 3.8) is 0 Å². The van der Waals surface area contributed by atoms with E-state index in [1.807, 2.05) is 19.1 Å². The molecule has 3 aromatic rings. The van der Waals surface area contributed by atoms with Crippen molar-refractivity contribution in [2.45, 2.75) is 51.6 Å². The molecule has 0 bridgehead atoms. The number of nitrogens with two attached hydrogens (primary N) is 1. The molecule has 0 aliphatic carbocycles. The minimum atomic E-state index is -0.641.